The van der Waals surface area contributed by atoms with E-state index in [2.05, 4.69) is 5.32 Å². The van der Waals surface area contributed by atoms with Crippen LogP contribution in [0.4, 0.5) is 15.8 Å². The summed E-state index contributed by atoms with van der Waals surface area (Å²) in [7, 11) is 3.86. The third-order valence-corrected chi connectivity index (χ3v) is 2.58. The molecule has 0 bridgehead atoms. The van der Waals surface area contributed by atoms with Gasteiger partial charge in [0.2, 0.25) is 0 Å². The molecule has 1 aromatic rings. The lowest BCUT2D eigenvalue weighted by atomic mass is 10.2. The first-order chi connectivity index (χ1) is 7.90. The van der Waals surface area contributed by atoms with Gasteiger partial charge in [-0.2, -0.15) is 0 Å². The minimum atomic E-state index is -0.612. The number of nitro groups is 1. The van der Waals surface area contributed by atoms with E-state index in [1.165, 1.54) is 12.1 Å². The quantitative estimate of drug-likeness (QED) is 0.633. The van der Waals surface area contributed by atoms with Gasteiger partial charge in [-0.15, -0.1) is 0 Å². The van der Waals surface area contributed by atoms with Crippen molar-refractivity contribution in [3.8, 4) is 0 Å². The highest BCUT2D eigenvalue weighted by Gasteiger charge is 2.10. The highest BCUT2D eigenvalue weighted by molar-refractivity contribution is 5.51. The summed E-state index contributed by atoms with van der Waals surface area (Å²) in [4.78, 5) is 11.9. The van der Waals surface area contributed by atoms with Gasteiger partial charge in [0.1, 0.15) is 5.82 Å². The van der Waals surface area contributed by atoms with Crippen LogP contribution < -0.4 is 5.32 Å². The first-order valence-electron chi connectivity index (χ1n) is 5.25. The van der Waals surface area contributed by atoms with Gasteiger partial charge in [0.25, 0.3) is 5.69 Å². The van der Waals surface area contributed by atoms with E-state index < -0.39 is 10.7 Å². The summed E-state index contributed by atoms with van der Waals surface area (Å²) >= 11 is 0. The molecule has 0 saturated carbocycles. The molecular weight excluding hydrogens is 225 g/mol. The number of anilines is 1. The van der Waals surface area contributed by atoms with Crippen LogP contribution in [-0.2, 0) is 0 Å². The molecule has 17 heavy (non-hydrogen) atoms. The van der Waals surface area contributed by atoms with Crippen molar-refractivity contribution in [3.05, 3.63) is 34.1 Å². The lowest BCUT2D eigenvalue weighted by Crippen LogP contribution is -2.31. The van der Waals surface area contributed by atoms with Gasteiger partial charge in [-0.3, -0.25) is 10.1 Å². The number of benzene rings is 1. The first-order valence-corrected chi connectivity index (χ1v) is 5.25. The molecule has 0 spiro atoms. The number of nitro benzene ring substituents is 1. The zero-order valence-corrected chi connectivity index (χ0v) is 10.1. The van der Waals surface area contributed by atoms with Crippen molar-refractivity contribution < 1.29 is 9.31 Å². The van der Waals surface area contributed by atoms with E-state index in [9.17, 15) is 14.5 Å². The van der Waals surface area contributed by atoms with Gasteiger partial charge >= 0.3 is 0 Å². The lowest BCUT2D eigenvalue weighted by molar-refractivity contribution is -0.385. The minimum absolute atomic E-state index is 0.245. The van der Waals surface area contributed by atoms with E-state index in [0.717, 1.165) is 6.07 Å². The summed E-state index contributed by atoms with van der Waals surface area (Å²) in [5.74, 6) is -0.612. The molecule has 0 aliphatic rings. The van der Waals surface area contributed by atoms with Crippen molar-refractivity contribution in [2.75, 3.05) is 26.0 Å². The fraction of sp³-hybridized carbons (Fsp3) is 0.455. The van der Waals surface area contributed by atoms with Crippen LogP contribution in [0.15, 0.2) is 18.2 Å². The predicted molar refractivity (Wildman–Crippen MR) is 64.7 cm³/mol. The molecular formula is C11H16FN3O2. The van der Waals surface area contributed by atoms with Crippen LogP contribution in [-0.4, -0.2) is 36.5 Å². The fourth-order valence-corrected chi connectivity index (χ4v) is 1.23. The lowest BCUT2D eigenvalue weighted by Gasteiger charge is -2.20. The maximum Gasteiger partial charge on any atom is 0.274 e. The zero-order valence-electron chi connectivity index (χ0n) is 10.1. The Balaban J connectivity index is 2.74. The molecule has 0 saturated heterocycles. The van der Waals surface area contributed by atoms with Gasteiger partial charge in [-0.1, -0.05) is 0 Å². The van der Waals surface area contributed by atoms with Gasteiger partial charge in [0.15, 0.2) is 0 Å². The summed E-state index contributed by atoms with van der Waals surface area (Å²) in [6, 6.07) is 3.72. The van der Waals surface area contributed by atoms with E-state index in [-0.39, 0.29) is 11.7 Å². The van der Waals surface area contributed by atoms with Crippen LogP contribution in [0.25, 0.3) is 0 Å². The normalized spacial score (nSPS) is 12.5. The molecule has 0 aromatic heterocycles. The molecule has 0 radical (unpaired) electrons. The van der Waals surface area contributed by atoms with E-state index in [1.807, 2.05) is 25.9 Å². The third-order valence-electron chi connectivity index (χ3n) is 2.58. The summed E-state index contributed by atoms with van der Waals surface area (Å²) in [5, 5.41) is 13.5. The average molecular weight is 241 g/mol. The molecule has 1 rings (SSSR count). The topological polar surface area (TPSA) is 58.4 Å². The second kappa shape index (κ2) is 5.58. The number of hydrogen-bond acceptors (Lipinski definition) is 4. The smallest absolute Gasteiger partial charge is 0.274 e. The Labute approximate surface area is 99.4 Å². The standard InChI is InChI=1S/C11H16FN3O2/c1-8(14(2)3)7-13-10-4-9(12)5-11(6-10)15(16)17/h4-6,8,13H,7H2,1-3H3. The maximum absolute atomic E-state index is 13.1. The largest absolute Gasteiger partial charge is 0.383 e. The molecule has 94 valence electrons. The van der Waals surface area contributed by atoms with Crippen LogP contribution >= 0.6 is 0 Å². The Bertz CT molecular complexity index is 410. The van der Waals surface area contributed by atoms with Crippen LogP contribution in [0.3, 0.4) is 0 Å². The van der Waals surface area contributed by atoms with Crippen molar-refractivity contribution in [1.29, 1.82) is 0 Å². The van der Waals surface area contributed by atoms with Gasteiger partial charge < -0.3 is 10.2 Å². The third kappa shape index (κ3) is 3.99. The Hall–Kier alpha value is -1.69. The number of hydrogen-bond donors (Lipinski definition) is 1. The Kier molecular flexibility index (Phi) is 4.39. The fourth-order valence-electron chi connectivity index (χ4n) is 1.23. The molecule has 6 heteroatoms. The van der Waals surface area contributed by atoms with Gasteiger partial charge in [0.05, 0.1) is 11.0 Å². The molecule has 0 aliphatic heterocycles. The first kappa shape index (κ1) is 13.4. The van der Waals surface area contributed by atoms with Crippen molar-refractivity contribution >= 4 is 11.4 Å². The minimum Gasteiger partial charge on any atom is -0.383 e. The summed E-state index contributed by atoms with van der Waals surface area (Å²) in [6.45, 7) is 2.59. The van der Waals surface area contributed by atoms with Crippen molar-refractivity contribution in [1.82, 2.24) is 4.90 Å². The van der Waals surface area contributed by atoms with Crippen molar-refractivity contribution in [3.63, 3.8) is 0 Å². The Morgan fingerprint density at radius 3 is 2.65 bits per heavy atom. The molecule has 1 N–H and O–H groups in total. The number of non-ortho nitro benzene ring substituents is 1. The molecule has 0 heterocycles. The van der Waals surface area contributed by atoms with Gasteiger partial charge in [-0.05, 0) is 27.1 Å². The maximum atomic E-state index is 13.1. The highest BCUT2D eigenvalue weighted by Crippen LogP contribution is 2.19. The molecule has 0 amide bonds. The molecule has 1 atom stereocenters. The highest BCUT2D eigenvalue weighted by atomic mass is 19.1. The zero-order chi connectivity index (χ0) is 13.0. The van der Waals surface area contributed by atoms with E-state index >= 15 is 0 Å². The van der Waals surface area contributed by atoms with E-state index in [1.54, 1.807) is 0 Å². The van der Waals surface area contributed by atoms with E-state index in [0.29, 0.717) is 12.2 Å². The molecule has 1 unspecified atom stereocenters. The summed E-state index contributed by atoms with van der Waals surface area (Å²) < 4.78 is 13.1. The summed E-state index contributed by atoms with van der Waals surface area (Å²) in [6.07, 6.45) is 0. The van der Waals surface area contributed by atoms with E-state index in [4.69, 9.17) is 0 Å². The van der Waals surface area contributed by atoms with Crippen molar-refractivity contribution in [2.45, 2.75) is 13.0 Å². The SMILES string of the molecule is CC(CNc1cc(F)cc([N+](=O)[O-])c1)N(C)C. The van der Waals surface area contributed by atoms with Crippen LogP contribution in [0.5, 0.6) is 0 Å². The van der Waals surface area contributed by atoms with Crippen LogP contribution in [0, 0.1) is 15.9 Å². The van der Waals surface area contributed by atoms with Crippen molar-refractivity contribution in [2.24, 2.45) is 0 Å². The molecule has 1 aromatic carbocycles. The number of nitrogens with zero attached hydrogens (tertiary/aromatic N) is 2. The monoisotopic (exact) mass is 241 g/mol. The predicted octanol–water partition coefficient (Wildman–Crippen LogP) is 2.10. The van der Waals surface area contributed by atoms with Crippen LogP contribution in [0.1, 0.15) is 6.92 Å². The molecule has 0 fully saturated rings. The van der Waals surface area contributed by atoms with Crippen LogP contribution in [0.2, 0.25) is 0 Å². The van der Waals surface area contributed by atoms with Gasteiger partial charge in [-0.25, -0.2) is 4.39 Å². The number of rotatable bonds is 5. The molecule has 0 aliphatic carbocycles. The average Bonchev–Trinajstić information content (AvgIpc) is 2.24. The Morgan fingerprint density at radius 2 is 2.12 bits per heavy atom. The Morgan fingerprint density at radius 1 is 1.47 bits per heavy atom. The molecule has 5 nitrogen and oxygen atoms in total. The number of likely N-dealkylation sites (N-methyl/N-ethyl adjacent to an activating group) is 1. The second-order valence-corrected chi connectivity index (χ2v) is 4.15. The number of nitrogens with one attached hydrogen (secondary N) is 1. The van der Waals surface area contributed by atoms with Gasteiger partial charge in [0, 0.05) is 24.3 Å². The number of halogens is 1. The second-order valence-electron chi connectivity index (χ2n) is 4.15. The summed E-state index contributed by atoms with van der Waals surface area (Å²) in [5.41, 5.74) is 0.176.